The number of methoxy groups -OCH3 is 2. The number of aliphatic hydroxyl groups is 1. The molecule has 1 saturated heterocycles. The molecule has 5 nitrogen and oxygen atoms in total. The van der Waals surface area contributed by atoms with Crippen LogP contribution in [-0.2, 0) is 9.53 Å². The van der Waals surface area contributed by atoms with Crippen LogP contribution >= 0.6 is 0 Å². The van der Waals surface area contributed by atoms with Crippen molar-refractivity contribution >= 4 is 17.2 Å². The third-order valence-corrected chi connectivity index (χ3v) is 4.73. The van der Waals surface area contributed by atoms with E-state index in [1.165, 1.54) is 7.11 Å². The van der Waals surface area contributed by atoms with Crippen LogP contribution in [0.3, 0.4) is 0 Å². The van der Waals surface area contributed by atoms with E-state index in [0.29, 0.717) is 17.9 Å². The maximum Gasteiger partial charge on any atom is 0.258 e. The maximum absolute atomic E-state index is 12.5. The van der Waals surface area contributed by atoms with Gasteiger partial charge in [0, 0.05) is 19.2 Å². The zero-order valence-corrected chi connectivity index (χ0v) is 15.0. The lowest BCUT2D eigenvalue weighted by atomic mass is 9.87. The van der Waals surface area contributed by atoms with Crippen molar-refractivity contribution in [2.24, 2.45) is 0 Å². The van der Waals surface area contributed by atoms with Gasteiger partial charge in [-0.25, -0.2) is 0 Å². The Labute approximate surface area is 153 Å². The van der Waals surface area contributed by atoms with Crippen molar-refractivity contribution in [3.63, 3.8) is 0 Å². The molecule has 5 heteroatoms. The Balaban J connectivity index is 1.78. The van der Waals surface area contributed by atoms with E-state index < -0.39 is 18.2 Å². The number of carbonyl (C=O) groups excluding carboxylic acids is 1. The Morgan fingerprint density at radius 2 is 1.81 bits per heavy atom. The highest BCUT2D eigenvalue weighted by Gasteiger charge is 2.52. The molecule has 1 fully saturated rings. The van der Waals surface area contributed by atoms with Crippen LogP contribution in [0.2, 0.25) is 0 Å². The summed E-state index contributed by atoms with van der Waals surface area (Å²) in [5, 5.41) is 10.8. The number of amides is 1. The van der Waals surface area contributed by atoms with Gasteiger partial charge >= 0.3 is 0 Å². The molecule has 0 radical (unpaired) electrons. The molecule has 136 valence electrons. The predicted octanol–water partition coefficient (Wildman–Crippen LogP) is 2.89. The van der Waals surface area contributed by atoms with Crippen molar-refractivity contribution in [3.05, 3.63) is 66.7 Å². The molecule has 0 spiro atoms. The molecule has 0 bridgehead atoms. The van der Waals surface area contributed by atoms with E-state index in [2.05, 4.69) is 6.58 Å². The number of rotatable bonds is 7. The number of anilines is 1. The van der Waals surface area contributed by atoms with Crippen molar-refractivity contribution < 1.29 is 19.4 Å². The Bertz CT molecular complexity index is 772. The second-order valence-corrected chi connectivity index (χ2v) is 6.29. The third-order valence-electron chi connectivity index (χ3n) is 4.73. The van der Waals surface area contributed by atoms with E-state index in [0.717, 1.165) is 11.1 Å². The molecule has 0 unspecified atom stereocenters. The van der Waals surface area contributed by atoms with Crippen LogP contribution in [0, 0.1) is 0 Å². The van der Waals surface area contributed by atoms with Gasteiger partial charge < -0.3 is 19.5 Å². The summed E-state index contributed by atoms with van der Waals surface area (Å²) in [5.41, 5.74) is 2.50. The van der Waals surface area contributed by atoms with Crippen molar-refractivity contribution in [1.82, 2.24) is 0 Å². The van der Waals surface area contributed by atoms with E-state index in [4.69, 9.17) is 9.47 Å². The van der Waals surface area contributed by atoms with Crippen molar-refractivity contribution in [3.8, 4) is 5.75 Å². The van der Waals surface area contributed by atoms with Gasteiger partial charge in [0.05, 0.1) is 19.3 Å². The number of β-lactam (4-membered cyclic amide) rings is 1. The number of aliphatic hydroxyl groups excluding tert-OH is 1. The van der Waals surface area contributed by atoms with Gasteiger partial charge in [-0.2, -0.15) is 0 Å². The van der Waals surface area contributed by atoms with Gasteiger partial charge in [-0.1, -0.05) is 36.9 Å². The van der Waals surface area contributed by atoms with Crippen molar-refractivity contribution in [2.75, 3.05) is 19.1 Å². The third kappa shape index (κ3) is 3.36. The summed E-state index contributed by atoms with van der Waals surface area (Å²) >= 11 is 0. The lowest BCUT2D eigenvalue weighted by Gasteiger charge is -2.48. The predicted molar refractivity (Wildman–Crippen MR) is 101 cm³/mol. The van der Waals surface area contributed by atoms with E-state index in [1.807, 2.05) is 30.3 Å². The Morgan fingerprint density at radius 3 is 2.38 bits per heavy atom. The lowest BCUT2D eigenvalue weighted by Crippen LogP contribution is -2.70. The fraction of sp³-hybridized carbons (Fsp3) is 0.286. The molecule has 1 amide bonds. The van der Waals surface area contributed by atoms with Crippen molar-refractivity contribution in [1.29, 1.82) is 0 Å². The molecular weight excluding hydrogens is 330 g/mol. The highest BCUT2D eigenvalue weighted by Crippen LogP contribution is 2.35. The fourth-order valence-corrected chi connectivity index (χ4v) is 3.30. The molecule has 0 aliphatic carbocycles. The molecule has 1 N–H and O–H groups in total. The number of benzene rings is 2. The Hall–Kier alpha value is -2.63. The smallest absolute Gasteiger partial charge is 0.258 e. The molecular formula is C21H23NO4. The first-order chi connectivity index (χ1) is 12.6. The van der Waals surface area contributed by atoms with Gasteiger partial charge in [-0.3, -0.25) is 4.79 Å². The minimum Gasteiger partial charge on any atom is -0.497 e. The second kappa shape index (κ2) is 7.72. The highest BCUT2D eigenvalue weighted by molar-refractivity contribution is 6.05. The SMILES string of the molecule is C=C(C[C@@H](O)[C@H]1[C@@H](OC)C(=O)N1c1ccc(OC)cc1)c1ccccc1. The normalized spacial score (nSPS) is 20.4. The van der Waals surface area contributed by atoms with Crippen molar-refractivity contribution in [2.45, 2.75) is 24.7 Å². The van der Waals surface area contributed by atoms with Crippen LogP contribution in [-0.4, -0.2) is 43.5 Å². The molecule has 3 atom stereocenters. The number of carbonyl (C=O) groups is 1. The van der Waals surface area contributed by atoms with Crippen LogP contribution in [0.15, 0.2) is 61.2 Å². The number of ether oxygens (including phenoxy) is 2. The van der Waals surface area contributed by atoms with Crippen LogP contribution in [0.5, 0.6) is 5.75 Å². The minimum absolute atomic E-state index is 0.160. The summed E-state index contributed by atoms with van der Waals surface area (Å²) in [6.45, 7) is 4.08. The second-order valence-electron chi connectivity index (χ2n) is 6.29. The summed E-state index contributed by atoms with van der Waals surface area (Å²) < 4.78 is 10.5. The monoisotopic (exact) mass is 353 g/mol. The van der Waals surface area contributed by atoms with Crippen LogP contribution in [0.4, 0.5) is 5.69 Å². The van der Waals surface area contributed by atoms with Gasteiger partial charge in [0.1, 0.15) is 5.75 Å². The van der Waals surface area contributed by atoms with Gasteiger partial charge in [0.2, 0.25) is 0 Å². The zero-order valence-electron chi connectivity index (χ0n) is 15.0. The summed E-state index contributed by atoms with van der Waals surface area (Å²) in [4.78, 5) is 14.0. The molecule has 2 aromatic rings. The molecule has 3 rings (SSSR count). The van der Waals surface area contributed by atoms with Gasteiger partial charge in [-0.15, -0.1) is 0 Å². The van der Waals surface area contributed by atoms with Gasteiger partial charge in [-0.05, 0) is 35.4 Å². The Morgan fingerprint density at radius 1 is 1.15 bits per heavy atom. The topological polar surface area (TPSA) is 59.0 Å². The molecule has 2 aromatic carbocycles. The average Bonchev–Trinajstić information content (AvgIpc) is 2.67. The first-order valence-electron chi connectivity index (χ1n) is 8.48. The molecule has 1 aliphatic heterocycles. The molecule has 0 saturated carbocycles. The highest BCUT2D eigenvalue weighted by atomic mass is 16.5. The summed E-state index contributed by atoms with van der Waals surface area (Å²) in [6, 6.07) is 16.4. The number of hydrogen-bond acceptors (Lipinski definition) is 4. The summed E-state index contributed by atoms with van der Waals surface area (Å²) in [7, 11) is 3.08. The minimum atomic E-state index is -0.785. The summed E-state index contributed by atoms with van der Waals surface area (Å²) in [5.74, 6) is 0.548. The van der Waals surface area contributed by atoms with Crippen LogP contribution in [0.1, 0.15) is 12.0 Å². The zero-order chi connectivity index (χ0) is 18.7. The largest absolute Gasteiger partial charge is 0.497 e. The van der Waals surface area contributed by atoms with Crippen LogP contribution in [0.25, 0.3) is 5.57 Å². The standard InChI is InChI=1S/C21H23NO4/c1-14(15-7-5-4-6-8-15)13-18(23)19-20(26-3)21(24)22(19)16-9-11-17(25-2)12-10-16/h4-12,18-20,23H,1,13H2,2-3H3/t18-,19+,20-/m1/s1. The molecule has 26 heavy (non-hydrogen) atoms. The molecule has 1 heterocycles. The van der Waals surface area contributed by atoms with Gasteiger partial charge in [0.15, 0.2) is 6.10 Å². The first-order valence-corrected chi connectivity index (χ1v) is 8.48. The van der Waals surface area contributed by atoms with Gasteiger partial charge in [0.25, 0.3) is 5.91 Å². The quantitative estimate of drug-likeness (QED) is 0.778. The fourth-order valence-electron chi connectivity index (χ4n) is 3.30. The van der Waals surface area contributed by atoms with Crippen LogP contribution < -0.4 is 9.64 Å². The average molecular weight is 353 g/mol. The van der Waals surface area contributed by atoms with E-state index in [9.17, 15) is 9.90 Å². The van der Waals surface area contributed by atoms with E-state index in [-0.39, 0.29) is 5.91 Å². The molecule has 0 aromatic heterocycles. The first kappa shape index (κ1) is 18.2. The van der Waals surface area contributed by atoms with E-state index in [1.54, 1.807) is 36.3 Å². The maximum atomic E-state index is 12.5. The molecule has 1 aliphatic rings. The lowest BCUT2D eigenvalue weighted by molar-refractivity contribution is -0.143. The summed E-state index contributed by atoms with van der Waals surface area (Å²) in [6.07, 6.45) is -1.09. The number of hydrogen-bond donors (Lipinski definition) is 1. The Kier molecular flexibility index (Phi) is 5.40. The van der Waals surface area contributed by atoms with E-state index >= 15 is 0 Å². The number of nitrogens with zero attached hydrogens (tertiary/aromatic N) is 1.